The van der Waals surface area contributed by atoms with E-state index in [1.807, 2.05) is 0 Å². The highest BCUT2D eigenvalue weighted by Crippen LogP contribution is 2.31. The molecule has 1 atom stereocenters. The molecule has 106 valence electrons. The lowest BCUT2D eigenvalue weighted by Gasteiger charge is -2.28. The average Bonchev–Trinajstić information content (AvgIpc) is 2.28. The van der Waals surface area contributed by atoms with Crippen LogP contribution in [0.5, 0.6) is 0 Å². The molecule has 0 aromatic carbocycles. The monoisotopic (exact) mass is 276 g/mol. The Morgan fingerprint density at radius 2 is 2.16 bits per heavy atom. The van der Waals surface area contributed by atoms with E-state index in [1.54, 1.807) is 13.8 Å². The average molecular weight is 276 g/mol. The number of carboxylic acid groups (broad SMARTS) is 1. The number of aliphatic carboxylic acids is 1. The van der Waals surface area contributed by atoms with Gasteiger partial charge in [-0.3, -0.25) is 4.79 Å². The van der Waals surface area contributed by atoms with Crippen LogP contribution in [0.2, 0.25) is 0 Å². The fourth-order valence-corrected chi connectivity index (χ4v) is 1.81. The van der Waals surface area contributed by atoms with E-state index in [9.17, 15) is 18.0 Å². The SMILES string of the molecule is CCN(c1cc(C(F)(F)F)ccn1)C(C)CC(=O)O. The second-order valence-corrected chi connectivity index (χ2v) is 4.13. The molecule has 19 heavy (non-hydrogen) atoms. The summed E-state index contributed by atoms with van der Waals surface area (Å²) in [6.45, 7) is 3.75. The largest absolute Gasteiger partial charge is 0.481 e. The number of carbonyl (C=O) groups is 1. The smallest absolute Gasteiger partial charge is 0.416 e. The minimum atomic E-state index is -4.44. The zero-order valence-electron chi connectivity index (χ0n) is 10.6. The van der Waals surface area contributed by atoms with Gasteiger partial charge in [-0.1, -0.05) is 0 Å². The summed E-state index contributed by atoms with van der Waals surface area (Å²) in [7, 11) is 0. The number of hydrogen-bond donors (Lipinski definition) is 1. The molecule has 0 spiro atoms. The Morgan fingerprint density at radius 3 is 2.63 bits per heavy atom. The van der Waals surface area contributed by atoms with Gasteiger partial charge in [0.2, 0.25) is 0 Å². The van der Waals surface area contributed by atoms with Crippen LogP contribution in [0.3, 0.4) is 0 Å². The standard InChI is InChI=1S/C12H15F3N2O2/c1-3-17(8(2)6-11(18)19)10-7-9(4-5-16-10)12(13,14)15/h4-5,7-8H,3,6H2,1-2H3,(H,18,19). The van der Waals surface area contributed by atoms with Gasteiger partial charge in [-0.25, -0.2) is 4.98 Å². The lowest BCUT2D eigenvalue weighted by Crippen LogP contribution is -2.35. The summed E-state index contributed by atoms with van der Waals surface area (Å²) in [6.07, 6.45) is -3.52. The Bertz CT molecular complexity index is 449. The molecule has 0 saturated carbocycles. The molecule has 1 unspecified atom stereocenters. The van der Waals surface area contributed by atoms with Crippen molar-refractivity contribution in [3.63, 3.8) is 0 Å². The maximum Gasteiger partial charge on any atom is 0.416 e. The minimum Gasteiger partial charge on any atom is -0.481 e. The Balaban J connectivity index is 3.02. The van der Waals surface area contributed by atoms with Crippen LogP contribution in [0.25, 0.3) is 0 Å². The van der Waals surface area contributed by atoms with Gasteiger partial charge < -0.3 is 10.0 Å². The van der Waals surface area contributed by atoms with Crippen molar-refractivity contribution in [2.75, 3.05) is 11.4 Å². The topological polar surface area (TPSA) is 53.4 Å². The Morgan fingerprint density at radius 1 is 1.53 bits per heavy atom. The van der Waals surface area contributed by atoms with E-state index in [-0.39, 0.29) is 12.2 Å². The molecule has 0 aliphatic heterocycles. The predicted molar refractivity (Wildman–Crippen MR) is 64.0 cm³/mol. The van der Waals surface area contributed by atoms with Gasteiger partial charge in [-0.15, -0.1) is 0 Å². The van der Waals surface area contributed by atoms with E-state index in [2.05, 4.69) is 4.98 Å². The van der Waals surface area contributed by atoms with Crippen LogP contribution in [-0.4, -0.2) is 28.6 Å². The van der Waals surface area contributed by atoms with E-state index in [1.165, 1.54) is 4.90 Å². The highest BCUT2D eigenvalue weighted by Gasteiger charge is 2.31. The molecule has 1 N–H and O–H groups in total. The number of halogens is 3. The quantitative estimate of drug-likeness (QED) is 0.898. The van der Waals surface area contributed by atoms with Gasteiger partial charge in [0, 0.05) is 18.8 Å². The number of rotatable bonds is 5. The van der Waals surface area contributed by atoms with Gasteiger partial charge in [0.1, 0.15) is 5.82 Å². The highest BCUT2D eigenvalue weighted by atomic mass is 19.4. The third kappa shape index (κ3) is 4.11. The first kappa shape index (κ1) is 15.3. The van der Waals surface area contributed by atoms with Crippen LogP contribution in [0.4, 0.5) is 19.0 Å². The number of pyridine rings is 1. The number of carboxylic acids is 1. The number of nitrogens with zero attached hydrogens (tertiary/aromatic N) is 2. The molecule has 1 rings (SSSR count). The molecule has 4 nitrogen and oxygen atoms in total. The number of alkyl halides is 3. The summed E-state index contributed by atoms with van der Waals surface area (Å²) >= 11 is 0. The first-order chi connectivity index (χ1) is 8.75. The van der Waals surface area contributed by atoms with E-state index in [0.717, 1.165) is 18.3 Å². The molecule has 0 fully saturated rings. The fourth-order valence-electron chi connectivity index (χ4n) is 1.81. The molecule has 1 aromatic heterocycles. The summed E-state index contributed by atoms with van der Waals surface area (Å²) < 4.78 is 37.8. The van der Waals surface area contributed by atoms with Crippen LogP contribution >= 0.6 is 0 Å². The number of hydrogen-bond acceptors (Lipinski definition) is 3. The first-order valence-electron chi connectivity index (χ1n) is 5.77. The molecule has 0 radical (unpaired) electrons. The van der Waals surface area contributed by atoms with Gasteiger partial charge in [0.15, 0.2) is 0 Å². The maximum atomic E-state index is 12.6. The number of aromatic nitrogens is 1. The van der Waals surface area contributed by atoms with Crippen molar-refractivity contribution in [3.8, 4) is 0 Å². The van der Waals surface area contributed by atoms with Crippen molar-refractivity contribution in [2.24, 2.45) is 0 Å². The summed E-state index contributed by atoms with van der Waals surface area (Å²) in [5, 5.41) is 8.73. The molecular weight excluding hydrogens is 261 g/mol. The maximum absolute atomic E-state index is 12.6. The molecule has 0 aliphatic carbocycles. The van der Waals surface area contributed by atoms with Crippen molar-refractivity contribution in [2.45, 2.75) is 32.5 Å². The van der Waals surface area contributed by atoms with Crippen LogP contribution in [0, 0.1) is 0 Å². The van der Waals surface area contributed by atoms with E-state index < -0.39 is 23.8 Å². The molecule has 1 heterocycles. The lowest BCUT2D eigenvalue weighted by molar-refractivity contribution is -0.138. The van der Waals surface area contributed by atoms with Gasteiger partial charge in [-0.05, 0) is 26.0 Å². The van der Waals surface area contributed by atoms with E-state index in [4.69, 9.17) is 5.11 Å². The molecule has 7 heteroatoms. The fraction of sp³-hybridized carbons (Fsp3) is 0.500. The van der Waals surface area contributed by atoms with E-state index in [0.29, 0.717) is 6.54 Å². The molecule has 1 aromatic rings. The van der Waals surface area contributed by atoms with Crippen molar-refractivity contribution in [1.29, 1.82) is 0 Å². The second kappa shape index (κ2) is 5.90. The van der Waals surface area contributed by atoms with Crippen LogP contribution < -0.4 is 4.90 Å². The van der Waals surface area contributed by atoms with Gasteiger partial charge in [-0.2, -0.15) is 13.2 Å². The Labute approximate surface area is 108 Å². The lowest BCUT2D eigenvalue weighted by atomic mass is 10.2. The van der Waals surface area contributed by atoms with Crippen molar-refractivity contribution >= 4 is 11.8 Å². The van der Waals surface area contributed by atoms with Gasteiger partial charge in [0.05, 0.1) is 12.0 Å². The highest BCUT2D eigenvalue weighted by molar-refractivity contribution is 5.68. The minimum absolute atomic E-state index is 0.131. The van der Waals surface area contributed by atoms with E-state index >= 15 is 0 Å². The zero-order valence-corrected chi connectivity index (χ0v) is 10.6. The molecular formula is C12H15F3N2O2. The van der Waals surface area contributed by atoms with Gasteiger partial charge >= 0.3 is 12.1 Å². The predicted octanol–water partition coefficient (Wildman–Crippen LogP) is 2.79. The summed E-state index contributed by atoms with van der Waals surface area (Å²) in [5.74, 6) is -0.871. The van der Waals surface area contributed by atoms with Crippen molar-refractivity contribution < 1.29 is 23.1 Å². The molecule has 0 amide bonds. The molecule has 0 bridgehead atoms. The number of anilines is 1. The third-order valence-corrected chi connectivity index (χ3v) is 2.71. The van der Waals surface area contributed by atoms with Crippen LogP contribution in [0.15, 0.2) is 18.3 Å². The summed E-state index contributed by atoms with van der Waals surface area (Å²) in [4.78, 5) is 16.1. The first-order valence-corrected chi connectivity index (χ1v) is 5.77. The molecule has 0 aliphatic rings. The zero-order chi connectivity index (χ0) is 14.6. The Hall–Kier alpha value is -1.79. The summed E-state index contributed by atoms with van der Waals surface area (Å²) in [6, 6.07) is 1.39. The summed E-state index contributed by atoms with van der Waals surface area (Å²) in [5.41, 5.74) is -0.793. The normalized spacial score (nSPS) is 13.1. The second-order valence-electron chi connectivity index (χ2n) is 4.13. The van der Waals surface area contributed by atoms with Crippen LogP contribution in [-0.2, 0) is 11.0 Å². The van der Waals surface area contributed by atoms with Gasteiger partial charge in [0.25, 0.3) is 0 Å². The third-order valence-electron chi connectivity index (χ3n) is 2.71. The Kier molecular flexibility index (Phi) is 4.74. The van der Waals surface area contributed by atoms with Crippen LogP contribution in [0.1, 0.15) is 25.8 Å². The van der Waals surface area contributed by atoms with Crippen molar-refractivity contribution in [3.05, 3.63) is 23.9 Å². The molecule has 0 saturated heterocycles. The van der Waals surface area contributed by atoms with Crippen molar-refractivity contribution in [1.82, 2.24) is 4.98 Å².